The summed E-state index contributed by atoms with van der Waals surface area (Å²) < 4.78 is 17.8. The van der Waals surface area contributed by atoms with Gasteiger partial charge in [-0.1, -0.05) is 18.2 Å². The van der Waals surface area contributed by atoms with Crippen molar-refractivity contribution in [3.63, 3.8) is 0 Å². The van der Waals surface area contributed by atoms with Gasteiger partial charge in [-0.2, -0.15) is 5.10 Å². The molecule has 0 atom stereocenters. The van der Waals surface area contributed by atoms with E-state index >= 15 is 0 Å². The number of aromatic nitrogens is 2. The predicted octanol–water partition coefficient (Wildman–Crippen LogP) is 1.45. The van der Waals surface area contributed by atoms with Crippen LogP contribution >= 0.6 is 0 Å². The minimum atomic E-state index is -0.380. The number of ether oxygens (including phenoxy) is 3. The van der Waals surface area contributed by atoms with Crippen LogP contribution in [0.4, 0.5) is 0 Å². The van der Waals surface area contributed by atoms with E-state index in [9.17, 15) is 4.79 Å². The van der Waals surface area contributed by atoms with Gasteiger partial charge in [-0.3, -0.25) is 9.58 Å². The van der Waals surface area contributed by atoms with Gasteiger partial charge in [0.25, 0.3) is 0 Å². The van der Waals surface area contributed by atoms with Crippen molar-refractivity contribution in [2.75, 3.05) is 46.1 Å². The fourth-order valence-electron chi connectivity index (χ4n) is 2.55. The van der Waals surface area contributed by atoms with Gasteiger partial charge < -0.3 is 14.2 Å². The van der Waals surface area contributed by atoms with Crippen molar-refractivity contribution < 1.29 is 19.0 Å². The van der Waals surface area contributed by atoms with E-state index < -0.39 is 0 Å². The molecule has 0 N–H and O–H groups in total. The molecule has 134 valence electrons. The van der Waals surface area contributed by atoms with Crippen LogP contribution in [-0.2, 0) is 16.0 Å². The summed E-state index contributed by atoms with van der Waals surface area (Å²) in [5.41, 5.74) is 0.460. The number of morpholine rings is 1. The van der Waals surface area contributed by atoms with Crippen molar-refractivity contribution in [2.45, 2.75) is 6.54 Å². The molecule has 0 radical (unpaired) electrons. The molecule has 0 bridgehead atoms. The van der Waals surface area contributed by atoms with Crippen LogP contribution in [0.3, 0.4) is 0 Å². The Balaban J connectivity index is 1.36. The van der Waals surface area contributed by atoms with Crippen LogP contribution in [0, 0.1) is 0 Å². The highest BCUT2D eigenvalue weighted by atomic mass is 16.6. The molecule has 3 rings (SSSR count). The average Bonchev–Trinajstić information content (AvgIpc) is 3.14. The number of nitrogens with zero attached hydrogens (tertiary/aromatic N) is 3. The lowest BCUT2D eigenvalue weighted by atomic mass is 10.3. The molecule has 1 aliphatic heterocycles. The number of rotatable bonds is 8. The predicted molar refractivity (Wildman–Crippen MR) is 91.7 cm³/mol. The molecular formula is C18H23N3O4. The molecule has 25 heavy (non-hydrogen) atoms. The minimum absolute atomic E-state index is 0.201. The molecule has 0 unspecified atom stereocenters. The lowest BCUT2D eigenvalue weighted by molar-refractivity contribution is 0.0359. The van der Waals surface area contributed by atoms with Crippen molar-refractivity contribution in [3.8, 4) is 5.75 Å². The van der Waals surface area contributed by atoms with Crippen molar-refractivity contribution in [3.05, 3.63) is 48.3 Å². The summed E-state index contributed by atoms with van der Waals surface area (Å²) in [6.45, 7) is 5.60. The first kappa shape index (κ1) is 17.4. The normalized spacial score (nSPS) is 15.0. The smallest absolute Gasteiger partial charge is 0.341 e. The highest BCUT2D eigenvalue weighted by Crippen LogP contribution is 2.08. The van der Waals surface area contributed by atoms with E-state index in [0.717, 1.165) is 45.1 Å². The molecule has 1 aromatic heterocycles. The summed E-state index contributed by atoms with van der Waals surface area (Å²) in [6, 6.07) is 9.43. The van der Waals surface area contributed by atoms with Gasteiger partial charge in [0.1, 0.15) is 19.0 Å². The fourth-order valence-corrected chi connectivity index (χ4v) is 2.55. The Morgan fingerprint density at radius 2 is 1.92 bits per heavy atom. The molecule has 7 heteroatoms. The Bertz CT molecular complexity index is 653. The largest absolute Gasteiger partial charge is 0.490 e. The van der Waals surface area contributed by atoms with Crippen LogP contribution in [-0.4, -0.2) is 66.7 Å². The van der Waals surface area contributed by atoms with Crippen molar-refractivity contribution in [1.29, 1.82) is 0 Å². The standard InChI is InChI=1S/C18H23N3O4/c22-18(25-13-12-24-17-4-2-1-3-5-17)16-14-19-21(15-16)7-6-20-8-10-23-11-9-20/h1-5,14-15H,6-13H2. The summed E-state index contributed by atoms with van der Waals surface area (Å²) in [5.74, 6) is 0.378. The molecule has 0 saturated carbocycles. The topological polar surface area (TPSA) is 65.8 Å². The first-order valence-electron chi connectivity index (χ1n) is 8.49. The van der Waals surface area contributed by atoms with E-state index in [0.29, 0.717) is 12.2 Å². The highest BCUT2D eigenvalue weighted by molar-refractivity contribution is 5.88. The lowest BCUT2D eigenvalue weighted by Gasteiger charge is -2.26. The van der Waals surface area contributed by atoms with Crippen molar-refractivity contribution >= 4 is 5.97 Å². The van der Waals surface area contributed by atoms with Crippen molar-refractivity contribution in [1.82, 2.24) is 14.7 Å². The molecule has 1 aliphatic rings. The van der Waals surface area contributed by atoms with E-state index in [4.69, 9.17) is 14.2 Å². The maximum atomic E-state index is 12.0. The van der Waals surface area contributed by atoms with Crippen LogP contribution in [0.5, 0.6) is 5.75 Å². The second kappa shape index (κ2) is 9.19. The van der Waals surface area contributed by atoms with Crippen LogP contribution < -0.4 is 4.74 Å². The summed E-state index contributed by atoms with van der Waals surface area (Å²) in [6.07, 6.45) is 3.26. The van der Waals surface area contributed by atoms with Gasteiger partial charge in [0.15, 0.2) is 0 Å². The van der Waals surface area contributed by atoms with E-state index in [2.05, 4.69) is 10.00 Å². The monoisotopic (exact) mass is 345 g/mol. The fraction of sp³-hybridized carbons (Fsp3) is 0.444. The third-order valence-electron chi connectivity index (χ3n) is 3.95. The van der Waals surface area contributed by atoms with E-state index in [1.807, 2.05) is 30.3 Å². The Morgan fingerprint density at radius 1 is 1.12 bits per heavy atom. The number of benzene rings is 1. The zero-order valence-corrected chi connectivity index (χ0v) is 14.2. The minimum Gasteiger partial charge on any atom is -0.490 e. The van der Waals surface area contributed by atoms with Gasteiger partial charge in [0.05, 0.1) is 31.5 Å². The van der Waals surface area contributed by atoms with Crippen LogP contribution in [0.15, 0.2) is 42.7 Å². The zero-order valence-electron chi connectivity index (χ0n) is 14.2. The number of esters is 1. The molecule has 7 nitrogen and oxygen atoms in total. The summed E-state index contributed by atoms with van der Waals surface area (Å²) in [7, 11) is 0. The number of para-hydroxylation sites is 1. The first-order valence-corrected chi connectivity index (χ1v) is 8.49. The van der Waals surface area contributed by atoms with Crippen molar-refractivity contribution in [2.24, 2.45) is 0 Å². The van der Waals surface area contributed by atoms with Gasteiger partial charge in [-0.05, 0) is 12.1 Å². The van der Waals surface area contributed by atoms with Gasteiger partial charge in [-0.25, -0.2) is 4.79 Å². The molecule has 0 spiro atoms. The van der Waals surface area contributed by atoms with E-state index in [1.165, 1.54) is 0 Å². The Morgan fingerprint density at radius 3 is 2.72 bits per heavy atom. The second-order valence-corrected chi connectivity index (χ2v) is 5.74. The molecule has 1 aromatic carbocycles. The Labute approximate surface area is 147 Å². The first-order chi connectivity index (χ1) is 12.3. The molecule has 1 fully saturated rings. The van der Waals surface area contributed by atoms with E-state index in [1.54, 1.807) is 17.1 Å². The molecule has 2 heterocycles. The third-order valence-corrected chi connectivity index (χ3v) is 3.95. The molecule has 2 aromatic rings. The van der Waals surface area contributed by atoms with Crippen LogP contribution in [0.2, 0.25) is 0 Å². The van der Waals surface area contributed by atoms with Gasteiger partial charge >= 0.3 is 5.97 Å². The zero-order chi connectivity index (χ0) is 17.3. The molecule has 1 saturated heterocycles. The van der Waals surface area contributed by atoms with Gasteiger partial charge in [0, 0.05) is 25.8 Å². The number of hydrogen-bond donors (Lipinski definition) is 0. The Hall–Kier alpha value is -2.38. The second-order valence-electron chi connectivity index (χ2n) is 5.74. The number of carbonyl (C=O) groups is 1. The van der Waals surface area contributed by atoms with Crippen LogP contribution in [0.1, 0.15) is 10.4 Å². The lowest BCUT2D eigenvalue weighted by Crippen LogP contribution is -2.38. The quantitative estimate of drug-likeness (QED) is 0.533. The van der Waals surface area contributed by atoms with Crippen LogP contribution in [0.25, 0.3) is 0 Å². The number of carbonyl (C=O) groups excluding carboxylic acids is 1. The molecule has 0 aliphatic carbocycles. The third kappa shape index (κ3) is 5.58. The summed E-state index contributed by atoms with van der Waals surface area (Å²) in [4.78, 5) is 14.3. The highest BCUT2D eigenvalue weighted by Gasteiger charge is 2.12. The van der Waals surface area contributed by atoms with Gasteiger partial charge in [0.2, 0.25) is 0 Å². The maximum Gasteiger partial charge on any atom is 0.341 e. The maximum absolute atomic E-state index is 12.0. The molecular weight excluding hydrogens is 322 g/mol. The summed E-state index contributed by atoms with van der Waals surface area (Å²) >= 11 is 0. The SMILES string of the molecule is O=C(OCCOc1ccccc1)c1cnn(CCN2CCOCC2)c1. The number of hydrogen-bond acceptors (Lipinski definition) is 6. The Kier molecular flexibility index (Phi) is 6.42. The van der Waals surface area contributed by atoms with Gasteiger partial charge in [-0.15, -0.1) is 0 Å². The summed E-state index contributed by atoms with van der Waals surface area (Å²) in [5, 5.41) is 4.22. The average molecular weight is 345 g/mol. The molecule has 0 amide bonds. The van der Waals surface area contributed by atoms with E-state index in [-0.39, 0.29) is 12.6 Å².